The Kier molecular flexibility index (Phi) is 1.21. The van der Waals surface area contributed by atoms with Crippen molar-refractivity contribution in [2.45, 2.75) is 12.5 Å². The van der Waals surface area contributed by atoms with E-state index in [4.69, 9.17) is 11.5 Å². The van der Waals surface area contributed by atoms with Crippen LogP contribution in [0.25, 0.3) is 0 Å². The van der Waals surface area contributed by atoms with Crippen molar-refractivity contribution < 1.29 is 0 Å². The number of hydrogen-bond acceptors (Lipinski definition) is 3. The summed E-state index contributed by atoms with van der Waals surface area (Å²) in [5.41, 5.74) is 11.4. The van der Waals surface area contributed by atoms with Gasteiger partial charge < -0.3 is 16.8 Å². The summed E-state index contributed by atoms with van der Waals surface area (Å²) in [5.74, 6) is 0. The van der Waals surface area contributed by atoms with Crippen molar-refractivity contribution >= 4 is 0 Å². The van der Waals surface area contributed by atoms with Crippen LogP contribution in [-0.2, 0) is 0 Å². The lowest BCUT2D eigenvalue weighted by molar-refractivity contribution is 0.655. The van der Waals surface area contributed by atoms with E-state index in [1.54, 1.807) is 12.4 Å². The molecule has 0 spiro atoms. The van der Waals surface area contributed by atoms with Crippen LogP contribution >= 0.6 is 0 Å². The summed E-state index contributed by atoms with van der Waals surface area (Å²) >= 11 is 0. The summed E-state index contributed by atoms with van der Waals surface area (Å²) in [5, 5.41) is 2.84. The van der Waals surface area contributed by atoms with Crippen LogP contribution in [0.5, 0.6) is 0 Å². The minimum atomic E-state index is -0.467. The van der Waals surface area contributed by atoms with Gasteiger partial charge in [0.15, 0.2) is 0 Å². The molecule has 0 aromatic heterocycles. The maximum atomic E-state index is 5.70. The summed E-state index contributed by atoms with van der Waals surface area (Å²) in [7, 11) is 0. The average Bonchev–Trinajstić information content (AvgIpc) is 1.77. The molecule has 0 radical (unpaired) electrons. The first-order chi connectivity index (χ1) is 4.13. The zero-order valence-electron chi connectivity index (χ0n) is 5.39. The second-order valence-electron chi connectivity index (χ2n) is 2.38. The van der Waals surface area contributed by atoms with E-state index in [-0.39, 0.29) is 0 Å². The fourth-order valence-electron chi connectivity index (χ4n) is 0.611. The molecule has 3 nitrogen and oxygen atoms in total. The van der Waals surface area contributed by atoms with Crippen LogP contribution in [0, 0.1) is 0 Å². The van der Waals surface area contributed by atoms with E-state index in [0.717, 1.165) is 0 Å². The Labute approximate surface area is 54.4 Å². The van der Waals surface area contributed by atoms with Gasteiger partial charge in [0.2, 0.25) is 0 Å². The number of nitrogens with two attached hydrogens (primary N) is 2. The zero-order chi connectivity index (χ0) is 6.91. The number of dihydropyridines is 1. The molecule has 1 aliphatic heterocycles. The Balaban J connectivity index is 2.83. The monoisotopic (exact) mass is 125 g/mol. The van der Waals surface area contributed by atoms with E-state index in [1.807, 2.05) is 13.0 Å². The molecule has 0 saturated heterocycles. The van der Waals surface area contributed by atoms with Crippen molar-refractivity contribution in [1.29, 1.82) is 0 Å². The molecule has 0 bridgehead atoms. The predicted octanol–water partition coefficient (Wildman–Crippen LogP) is -0.379. The molecule has 9 heavy (non-hydrogen) atoms. The summed E-state index contributed by atoms with van der Waals surface area (Å²) < 4.78 is 0. The van der Waals surface area contributed by atoms with Gasteiger partial charge >= 0.3 is 0 Å². The largest absolute Gasteiger partial charge is 0.399 e. The molecule has 0 aromatic rings. The van der Waals surface area contributed by atoms with E-state index in [1.165, 1.54) is 0 Å². The molecule has 0 saturated carbocycles. The van der Waals surface area contributed by atoms with Crippen molar-refractivity contribution in [2.75, 3.05) is 0 Å². The highest BCUT2D eigenvalue weighted by Gasteiger charge is 2.19. The van der Waals surface area contributed by atoms with Gasteiger partial charge in [-0.1, -0.05) is 0 Å². The summed E-state index contributed by atoms with van der Waals surface area (Å²) in [6, 6.07) is 0. The van der Waals surface area contributed by atoms with Crippen LogP contribution in [0.1, 0.15) is 6.92 Å². The molecule has 0 aromatic carbocycles. The van der Waals surface area contributed by atoms with Crippen molar-refractivity contribution in [2.24, 2.45) is 11.5 Å². The minimum Gasteiger partial charge on any atom is -0.399 e. The maximum absolute atomic E-state index is 5.70. The van der Waals surface area contributed by atoms with E-state index in [0.29, 0.717) is 5.70 Å². The standard InChI is InChI=1S/C6H11N3/c1-6(8)2-3-9-4-5(6)7/h2-4,9H,7-8H2,1H3. The summed E-state index contributed by atoms with van der Waals surface area (Å²) in [4.78, 5) is 0. The highest BCUT2D eigenvalue weighted by molar-refractivity contribution is 5.26. The Hall–Kier alpha value is -0.960. The molecule has 1 aliphatic rings. The lowest BCUT2D eigenvalue weighted by atomic mass is 9.99. The quantitative estimate of drug-likeness (QED) is 0.413. The van der Waals surface area contributed by atoms with Gasteiger partial charge in [0.25, 0.3) is 0 Å². The van der Waals surface area contributed by atoms with Crippen molar-refractivity contribution in [3.63, 3.8) is 0 Å². The third-order valence-corrected chi connectivity index (χ3v) is 1.39. The van der Waals surface area contributed by atoms with Gasteiger partial charge in [-0.05, 0) is 19.2 Å². The molecule has 5 N–H and O–H groups in total. The van der Waals surface area contributed by atoms with Crippen molar-refractivity contribution in [1.82, 2.24) is 5.32 Å². The van der Waals surface area contributed by atoms with E-state index in [9.17, 15) is 0 Å². The first kappa shape index (κ1) is 6.16. The SMILES string of the molecule is CC1(N)C=CNC=C1N. The summed E-state index contributed by atoms with van der Waals surface area (Å²) in [6.07, 6.45) is 5.29. The number of hydrogen-bond donors (Lipinski definition) is 3. The molecular formula is C6H11N3. The predicted molar refractivity (Wildman–Crippen MR) is 37.1 cm³/mol. The Morgan fingerprint density at radius 2 is 2.33 bits per heavy atom. The van der Waals surface area contributed by atoms with Gasteiger partial charge in [-0.25, -0.2) is 0 Å². The Bertz CT molecular complexity index is 167. The van der Waals surface area contributed by atoms with Gasteiger partial charge in [0.1, 0.15) is 0 Å². The van der Waals surface area contributed by atoms with Crippen molar-refractivity contribution in [3.8, 4) is 0 Å². The molecule has 1 atom stereocenters. The van der Waals surface area contributed by atoms with Crippen LogP contribution < -0.4 is 16.8 Å². The number of nitrogens with one attached hydrogen (secondary N) is 1. The average molecular weight is 125 g/mol. The van der Waals surface area contributed by atoms with Crippen molar-refractivity contribution in [3.05, 3.63) is 24.2 Å². The van der Waals surface area contributed by atoms with Crippen LogP contribution in [0.15, 0.2) is 24.2 Å². The fourth-order valence-corrected chi connectivity index (χ4v) is 0.611. The maximum Gasteiger partial charge on any atom is 0.0744 e. The highest BCUT2D eigenvalue weighted by Crippen LogP contribution is 2.10. The molecular weight excluding hydrogens is 114 g/mol. The third kappa shape index (κ3) is 1.05. The van der Waals surface area contributed by atoms with Gasteiger partial charge in [0, 0.05) is 11.9 Å². The molecule has 0 aliphatic carbocycles. The van der Waals surface area contributed by atoms with E-state index in [2.05, 4.69) is 5.32 Å². The highest BCUT2D eigenvalue weighted by atomic mass is 14.9. The summed E-state index contributed by atoms with van der Waals surface area (Å²) in [6.45, 7) is 1.86. The second-order valence-corrected chi connectivity index (χ2v) is 2.38. The fraction of sp³-hybridized carbons (Fsp3) is 0.333. The first-order valence-electron chi connectivity index (χ1n) is 2.82. The van der Waals surface area contributed by atoms with Crippen LogP contribution in [0.3, 0.4) is 0 Å². The Morgan fingerprint density at radius 3 is 2.67 bits per heavy atom. The third-order valence-electron chi connectivity index (χ3n) is 1.39. The molecule has 1 heterocycles. The van der Waals surface area contributed by atoms with Gasteiger partial charge in [-0.15, -0.1) is 0 Å². The molecule has 1 rings (SSSR count). The van der Waals surface area contributed by atoms with Crippen LogP contribution in [-0.4, -0.2) is 5.54 Å². The molecule has 0 amide bonds. The van der Waals surface area contributed by atoms with Gasteiger partial charge in [-0.2, -0.15) is 0 Å². The normalized spacial score (nSPS) is 33.3. The zero-order valence-corrected chi connectivity index (χ0v) is 5.39. The van der Waals surface area contributed by atoms with Gasteiger partial charge in [-0.3, -0.25) is 0 Å². The Morgan fingerprint density at radius 1 is 1.67 bits per heavy atom. The minimum absolute atomic E-state index is 0.467. The lowest BCUT2D eigenvalue weighted by Gasteiger charge is -2.23. The smallest absolute Gasteiger partial charge is 0.0744 e. The van der Waals surface area contributed by atoms with Crippen LogP contribution in [0.4, 0.5) is 0 Å². The second kappa shape index (κ2) is 1.77. The molecule has 1 unspecified atom stereocenters. The number of rotatable bonds is 0. The topological polar surface area (TPSA) is 64.1 Å². The van der Waals surface area contributed by atoms with Gasteiger partial charge in [0.05, 0.1) is 5.54 Å². The molecule has 3 heteroatoms. The molecule has 0 fully saturated rings. The first-order valence-corrected chi connectivity index (χ1v) is 2.82. The lowest BCUT2D eigenvalue weighted by Crippen LogP contribution is -2.42. The van der Waals surface area contributed by atoms with E-state index >= 15 is 0 Å². The van der Waals surface area contributed by atoms with E-state index < -0.39 is 5.54 Å². The van der Waals surface area contributed by atoms with Crippen LogP contribution in [0.2, 0.25) is 0 Å². The molecule has 50 valence electrons.